The van der Waals surface area contributed by atoms with Gasteiger partial charge in [0.15, 0.2) is 0 Å². The van der Waals surface area contributed by atoms with Gasteiger partial charge >= 0.3 is 5.97 Å². The minimum Gasteiger partial charge on any atom is -0.481 e. The quantitative estimate of drug-likeness (QED) is 0.672. The second kappa shape index (κ2) is 7.25. The van der Waals surface area contributed by atoms with Crippen molar-refractivity contribution in [2.24, 2.45) is 5.92 Å². The summed E-state index contributed by atoms with van der Waals surface area (Å²) in [5, 5.41) is 12.3. The minimum absolute atomic E-state index is 0.0435. The number of unbranched alkanes of at least 4 members (excludes halogenated alkanes) is 2. The van der Waals surface area contributed by atoms with E-state index in [2.05, 4.69) is 17.1 Å². The molecular formula is C16H28N2O3. The fourth-order valence-corrected chi connectivity index (χ4v) is 3.87. The molecule has 0 spiro atoms. The van der Waals surface area contributed by atoms with Gasteiger partial charge in [0.1, 0.15) is 0 Å². The smallest absolute Gasteiger partial charge is 0.308 e. The second-order valence-electron chi connectivity index (χ2n) is 6.62. The molecule has 2 rings (SSSR count). The van der Waals surface area contributed by atoms with Crippen molar-refractivity contribution < 1.29 is 14.7 Å². The van der Waals surface area contributed by atoms with Crippen LogP contribution in [0.2, 0.25) is 0 Å². The lowest BCUT2D eigenvalue weighted by molar-refractivity contribution is -0.143. The first-order valence-corrected chi connectivity index (χ1v) is 8.30. The molecule has 4 atom stereocenters. The van der Waals surface area contributed by atoms with Crippen LogP contribution in [0, 0.1) is 5.92 Å². The Kier molecular flexibility index (Phi) is 5.62. The minimum atomic E-state index is -0.708. The van der Waals surface area contributed by atoms with E-state index in [1.54, 1.807) is 0 Å². The van der Waals surface area contributed by atoms with Gasteiger partial charge in [0, 0.05) is 18.1 Å². The van der Waals surface area contributed by atoms with Crippen molar-refractivity contribution in [3.05, 3.63) is 0 Å². The lowest BCUT2D eigenvalue weighted by Gasteiger charge is -2.23. The maximum absolute atomic E-state index is 12.1. The molecule has 0 saturated carbocycles. The number of aliphatic carboxylic acids is 1. The first kappa shape index (κ1) is 16.3. The number of hydrogen-bond acceptors (Lipinski definition) is 3. The van der Waals surface area contributed by atoms with Crippen LogP contribution in [0.5, 0.6) is 0 Å². The van der Waals surface area contributed by atoms with Crippen molar-refractivity contribution >= 4 is 11.9 Å². The van der Waals surface area contributed by atoms with Gasteiger partial charge in [-0.3, -0.25) is 14.5 Å². The highest BCUT2D eigenvalue weighted by atomic mass is 16.4. The molecule has 0 aliphatic carbocycles. The van der Waals surface area contributed by atoms with Crippen molar-refractivity contribution in [1.29, 1.82) is 0 Å². The number of nitrogens with one attached hydrogen (secondary N) is 1. The van der Waals surface area contributed by atoms with Crippen LogP contribution in [0.15, 0.2) is 0 Å². The van der Waals surface area contributed by atoms with E-state index in [4.69, 9.17) is 0 Å². The van der Waals surface area contributed by atoms with Crippen LogP contribution >= 0.6 is 0 Å². The lowest BCUT2D eigenvalue weighted by Crippen LogP contribution is -2.43. The van der Waals surface area contributed by atoms with E-state index in [9.17, 15) is 14.7 Å². The molecule has 0 radical (unpaired) electrons. The predicted octanol–water partition coefficient (Wildman–Crippen LogP) is 2.01. The zero-order valence-electron chi connectivity index (χ0n) is 13.2. The molecule has 5 heteroatoms. The Morgan fingerprint density at radius 2 is 2.10 bits per heavy atom. The molecule has 120 valence electrons. The van der Waals surface area contributed by atoms with Gasteiger partial charge in [-0.1, -0.05) is 26.2 Å². The summed E-state index contributed by atoms with van der Waals surface area (Å²) in [6.45, 7) is 4.58. The van der Waals surface area contributed by atoms with Crippen molar-refractivity contribution in [2.75, 3.05) is 6.54 Å². The number of nitrogens with zero attached hydrogens (tertiary/aromatic N) is 1. The summed E-state index contributed by atoms with van der Waals surface area (Å²) in [6.07, 6.45) is 7.22. The van der Waals surface area contributed by atoms with E-state index in [1.165, 1.54) is 12.8 Å². The molecule has 0 aromatic rings. The molecule has 5 nitrogen and oxygen atoms in total. The fourth-order valence-electron chi connectivity index (χ4n) is 3.87. The summed E-state index contributed by atoms with van der Waals surface area (Å²) in [7, 11) is 0. The van der Waals surface area contributed by atoms with Crippen LogP contribution in [-0.4, -0.2) is 46.6 Å². The third kappa shape index (κ3) is 3.96. The van der Waals surface area contributed by atoms with Gasteiger partial charge in [-0.15, -0.1) is 0 Å². The molecule has 1 amide bonds. The van der Waals surface area contributed by atoms with E-state index in [0.717, 1.165) is 25.7 Å². The fraction of sp³-hybridized carbons (Fsp3) is 0.875. The zero-order valence-corrected chi connectivity index (χ0v) is 13.2. The van der Waals surface area contributed by atoms with Gasteiger partial charge in [0.05, 0.1) is 12.5 Å². The van der Waals surface area contributed by atoms with Crippen LogP contribution in [0.3, 0.4) is 0 Å². The van der Waals surface area contributed by atoms with E-state index < -0.39 is 5.97 Å². The van der Waals surface area contributed by atoms with Gasteiger partial charge in [-0.25, -0.2) is 0 Å². The van der Waals surface area contributed by atoms with E-state index in [1.807, 2.05) is 6.92 Å². The van der Waals surface area contributed by atoms with E-state index >= 15 is 0 Å². The number of amides is 1. The number of rotatable bonds is 8. The van der Waals surface area contributed by atoms with Crippen molar-refractivity contribution in [1.82, 2.24) is 10.2 Å². The molecule has 21 heavy (non-hydrogen) atoms. The maximum Gasteiger partial charge on any atom is 0.308 e. The largest absolute Gasteiger partial charge is 0.481 e. The summed E-state index contributed by atoms with van der Waals surface area (Å²) in [5.74, 6) is -0.944. The first-order chi connectivity index (χ1) is 10.0. The van der Waals surface area contributed by atoms with Crippen LogP contribution in [-0.2, 0) is 9.59 Å². The van der Waals surface area contributed by atoms with E-state index in [-0.39, 0.29) is 30.0 Å². The van der Waals surface area contributed by atoms with Gasteiger partial charge in [-0.2, -0.15) is 0 Å². The number of carbonyl (C=O) groups excluding carboxylic acids is 1. The van der Waals surface area contributed by atoms with Gasteiger partial charge in [0.2, 0.25) is 5.91 Å². The molecule has 2 aliphatic heterocycles. The molecule has 2 aliphatic rings. The van der Waals surface area contributed by atoms with Gasteiger partial charge < -0.3 is 10.4 Å². The van der Waals surface area contributed by atoms with Crippen molar-refractivity contribution in [3.8, 4) is 0 Å². The predicted molar refractivity (Wildman–Crippen MR) is 81.0 cm³/mol. The Hall–Kier alpha value is -1.10. The molecule has 4 unspecified atom stereocenters. The molecule has 2 heterocycles. The molecule has 2 fully saturated rings. The number of fused-ring (bicyclic) bond motifs is 2. The highest BCUT2D eigenvalue weighted by Crippen LogP contribution is 2.41. The van der Waals surface area contributed by atoms with Crippen LogP contribution in [0.4, 0.5) is 0 Å². The Morgan fingerprint density at radius 1 is 1.33 bits per heavy atom. The summed E-state index contributed by atoms with van der Waals surface area (Å²) < 4.78 is 0. The normalized spacial score (nSPS) is 29.5. The highest BCUT2D eigenvalue weighted by molar-refractivity contribution is 5.79. The van der Waals surface area contributed by atoms with Crippen LogP contribution in [0.25, 0.3) is 0 Å². The molecule has 2 saturated heterocycles. The average molecular weight is 296 g/mol. The monoisotopic (exact) mass is 296 g/mol. The maximum atomic E-state index is 12.1. The van der Waals surface area contributed by atoms with E-state index in [0.29, 0.717) is 13.0 Å². The zero-order chi connectivity index (χ0) is 15.4. The third-order valence-electron chi connectivity index (χ3n) is 4.97. The summed E-state index contributed by atoms with van der Waals surface area (Å²) in [6, 6.07) is 0.561. The van der Waals surface area contributed by atoms with Gasteiger partial charge in [-0.05, 0) is 32.6 Å². The third-order valence-corrected chi connectivity index (χ3v) is 4.97. The molecule has 2 N–H and O–H groups in total. The topological polar surface area (TPSA) is 69.6 Å². The summed E-state index contributed by atoms with van der Waals surface area (Å²) in [5.41, 5.74) is 0. The Balaban J connectivity index is 1.77. The van der Waals surface area contributed by atoms with Crippen LogP contribution < -0.4 is 5.32 Å². The number of carboxylic acid groups (broad SMARTS) is 1. The summed E-state index contributed by atoms with van der Waals surface area (Å²) >= 11 is 0. The number of carbonyl (C=O) groups is 2. The average Bonchev–Trinajstić information content (AvgIpc) is 2.96. The summed E-state index contributed by atoms with van der Waals surface area (Å²) in [4.78, 5) is 25.5. The molecule has 0 aromatic heterocycles. The SMILES string of the molecule is CCCCCC(C)NC(=O)CN1C2CCC1C(C(=O)O)C2. The molecular weight excluding hydrogens is 268 g/mol. The first-order valence-electron chi connectivity index (χ1n) is 8.30. The van der Waals surface area contributed by atoms with Crippen LogP contribution in [0.1, 0.15) is 58.8 Å². The van der Waals surface area contributed by atoms with Gasteiger partial charge in [0.25, 0.3) is 0 Å². The van der Waals surface area contributed by atoms with Crippen molar-refractivity contribution in [3.63, 3.8) is 0 Å². The number of carboxylic acids is 1. The van der Waals surface area contributed by atoms with Crippen molar-refractivity contribution in [2.45, 2.75) is 76.9 Å². The number of hydrogen-bond donors (Lipinski definition) is 2. The molecule has 0 aromatic carbocycles. The molecule has 2 bridgehead atoms. The highest BCUT2D eigenvalue weighted by Gasteiger charge is 2.49. The lowest BCUT2D eigenvalue weighted by atomic mass is 9.89. The Labute approximate surface area is 127 Å². The standard InChI is InChI=1S/C16H28N2O3/c1-3-4-5-6-11(2)17-15(19)10-18-12-7-8-14(18)13(9-12)16(20)21/h11-14H,3-10H2,1-2H3,(H,17,19)(H,20,21). The Morgan fingerprint density at radius 3 is 2.71 bits per heavy atom. The second-order valence-corrected chi connectivity index (χ2v) is 6.62. The Bertz CT molecular complexity index is 386.